The van der Waals surface area contributed by atoms with Crippen LogP contribution in [0.4, 0.5) is 0 Å². The van der Waals surface area contributed by atoms with Crippen LogP contribution in [0.5, 0.6) is 0 Å². The molecule has 27 heavy (non-hydrogen) atoms. The number of aromatic nitrogens is 3. The van der Waals surface area contributed by atoms with Crippen LogP contribution in [0.2, 0.25) is 0 Å². The average molecular weight is 379 g/mol. The van der Waals surface area contributed by atoms with E-state index in [1.807, 2.05) is 49.2 Å². The molecule has 0 bridgehead atoms. The SMILES string of the molecule is Cc1ccc(-c2n[nH]c(=S)n2CC(=O)N(C)C2CCc3ccccc32)cc1. The van der Waals surface area contributed by atoms with Crippen molar-refractivity contribution in [3.8, 4) is 11.4 Å². The topological polar surface area (TPSA) is 53.9 Å². The van der Waals surface area contributed by atoms with E-state index in [4.69, 9.17) is 12.2 Å². The van der Waals surface area contributed by atoms with Gasteiger partial charge in [0.25, 0.3) is 0 Å². The number of likely N-dealkylation sites (N-methyl/N-ethyl adjacent to an activating group) is 1. The molecule has 1 amide bonds. The van der Waals surface area contributed by atoms with Crippen LogP contribution in [0, 0.1) is 11.7 Å². The Morgan fingerprint density at radius 1 is 1.26 bits per heavy atom. The molecule has 0 fully saturated rings. The zero-order valence-electron chi connectivity index (χ0n) is 15.5. The van der Waals surface area contributed by atoms with Gasteiger partial charge < -0.3 is 4.90 Å². The molecule has 0 aliphatic heterocycles. The number of benzene rings is 2. The van der Waals surface area contributed by atoms with Gasteiger partial charge in [-0.3, -0.25) is 14.5 Å². The summed E-state index contributed by atoms with van der Waals surface area (Å²) in [6, 6.07) is 16.5. The molecule has 1 aliphatic carbocycles. The first kappa shape index (κ1) is 17.7. The molecule has 6 heteroatoms. The van der Waals surface area contributed by atoms with Crippen molar-refractivity contribution in [2.75, 3.05) is 7.05 Å². The van der Waals surface area contributed by atoms with Crippen LogP contribution >= 0.6 is 12.2 Å². The van der Waals surface area contributed by atoms with E-state index in [0.717, 1.165) is 18.4 Å². The van der Waals surface area contributed by atoms with Gasteiger partial charge in [0.1, 0.15) is 6.54 Å². The lowest BCUT2D eigenvalue weighted by atomic mass is 10.1. The van der Waals surface area contributed by atoms with E-state index in [1.54, 1.807) is 4.57 Å². The second kappa shape index (κ2) is 7.12. The first-order valence-electron chi connectivity index (χ1n) is 9.10. The van der Waals surface area contributed by atoms with Crippen molar-refractivity contribution in [2.45, 2.75) is 32.4 Å². The first-order chi connectivity index (χ1) is 13.0. The summed E-state index contributed by atoms with van der Waals surface area (Å²) in [5.41, 5.74) is 4.70. The van der Waals surface area contributed by atoms with Crippen LogP contribution in [-0.4, -0.2) is 32.6 Å². The third-order valence-corrected chi connectivity index (χ3v) is 5.64. The summed E-state index contributed by atoms with van der Waals surface area (Å²) < 4.78 is 2.24. The zero-order valence-corrected chi connectivity index (χ0v) is 16.3. The fourth-order valence-electron chi connectivity index (χ4n) is 3.74. The van der Waals surface area contributed by atoms with Gasteiger partial charge in [-0.2, -0.15) is 5.10 Å². The first-order valence-corrected chi connectivity index (χ1v) is 9.51. The number of nitrogens with one attached hydrogen (secondary N) is 1. The van der Waals surface area contributed by atoms with E-state index in [9.17, 15) is 4.79 Å². The maximum Gasteiger partial charge on any atom is 0.242 e. The second-order valence-electron chi connectivity index (χ2n) is 7.06. The van der Waals surface area contributed by atoms with E-state index in [1.165, 1.54) is 16.7 Å². The molecule has 0 radical (unpaired) electrons. The van der Waals surface area contributed by atoms with Gasteiger partial charge in [0, 0.05) is 12.6 Å². The minimum atomic E-state index is 0.0302. The normalized spacial score (nSPS) is 15.6. The third-order valence-electron chi connectivity index (χ3n) is 5.32. The van der Waals surface area contributed by atoms with Gasteiger partial charge in [-0.25, -0.2) is 0 Å². The number of hydrogen-bond donors (Lipinski definition) is 1. The number of aryl methyl sites for hydroxylation is 2. The molecule has 1 unspecified atom stereocenters. The molecule has 0 saturated carbocycles. The lowest BCUT2D eigenvalue weighted by Gasteiger charge is -2.26. The van der Waals surface area contributed by atoms with Crippen LogP contribution in [-0.2, 0) is 17.8 Å². The number of carbonyl (C=O) groups excluding carboxylic acids is 1. The number of aromatic amines is 1. The number of H-pyrrole nitrogens is 1. The van der Waals surface area contributed by atoms with Gasteiger partial charge >= 0.3 is 0 Å². The number of carbonyl (C=O) groups is 1. The van der Waals surface area contributed by atoms with Crippen molar-refractivity contribution in [2.24, 2.45) is 0 Å². The summed E-state index contributed by atoms with van der Waals surface area (Å²) in [4.78, 5) is 14.9. The highest BCUT2D eigenvalue weighted by Crippen LogP contribution is 2.35. The summed E-state index contributed by atoms with van der Waals surface area (Å²) in [5, 5.41) is 7.16. The Morgan fingerprint density at radius 2 is 2.00 bits per heavy atom. The highest BCUT2D eigenvalue weighted by molar-refractivity contribution is 7.71. The molecule has 1 aliphatic rings. The van der Waals surface area contributed by atoms with Crippen LogP contribution in [0.15, 0.2) is 48.5 Å². The van der Waals surface area contributed by atoms with Gasteiger partial charge in [0.2, 0.25) is 5.91 Å². The van der Waals surface area contributed by atoms with Crippen LogP contribution in [0.25, 0.3) is 11.4 Å². The van der Waals surface area contributed by atoms with Crippen molar-refractivity contribution < 1.29 is 4.79 Å². The molecule has 0 saturated heterocycles. The Morgan fingerprint density at radius 3 is 2.78 bits per heavy atom. The fourth-order valence-corrected chi connectivity index (χ4v) is 3.94. The summed E-state index contributed by atoms with van der Waals surface area (Å²) in [6.45, 7) is 2.21. The number of hydrogen-bond acceptors (Lipinski definition) is 3. The van der Waals surface area contributed by atoms with Crippen molar-refractivity contribution in [1.82, 2.24) is 19.7 Å². The minimum absolute atomic E-state index is 0.0302. The highest BCUT2D eigenvalue weighted by Gasteiger charge is 2.28. The van der Waals surface area contributed by atoms with E-state index in [2.05, 4.69) is 28.4 Å². The van der Waals surface area contributed by atoms with Gasteiger partial charge in [0.05, 0.1) is 6.04 Å². The van der Waals surface area contributed by atoms with Crippen LogP contribution in [0.1, 0.15) is 29.2 Å². The minimum Gasteiger partial charge on any atom is -0.337 e. The molecule has 4 rings (SSSR count). The van der Waals surface area contributed by atoms with Crippen LogP contribution < -0.4 is 0 Å². The molecule has 1 N–H and O–H groups in total. The summed E-state index contributed by atoms with van der Waals surface area (Å²) in [6.07, 6.45) is 1.97. The third kappa shape index (κ3) is 3.32. The van der Waals surface area contributed by atoms with Gasteiger partial charge in [-0.1, -0.05) is 54.1 Å². The predicted octanol–water partition coefficient (Wildman–Crippen LogP) is 4.06. The molecule has 0 spiro atoms. The summed E-state index contributed by atoms with van der Waals surface area (Å²) >= 11 is 5.38. The zero-order chi connectivity index (χ0) is 19.0. The molecule has 1 aromatic heterocycles. The Bertz CT molecular complexity index is 1030. The quantitative estimate of drug-likeness (QED) is 0.697. The summed E-state index contributed by atoms with van der Waals surface area (Å²) in [5.74, 6) is 0.719. The Kier molecular flexibility index (Phi) is 4.66. The van der Waals surface area contributed by atoms with Crippen LogP contribution in [0.3, 0.4) is 0 Å². The molecule has 1 heterocycles. The maximum absolute atomic E-state index is 13.0. The van der Waals surface area contributed by atoms with Gasteiger partial charge in [-0.05, 0) is 43.1 Å². The monoisotopic (exact) mass is 378 g/mol. The predicted molar refractivity (Wildman–Crippen MR) is 108 cm³/mol. The van der Waals surface area contributed by atoms with Crippen molar-refractivity contribution >= 4 is 18.1 Å². The molecule has 3 aromatic rings. The fraction of sp³-hybridized carbons (Fsp3) is 0.286. The highest BCUT2D eigenvalue weighted by atomic mass is 32.1. The van der Waals surface area contributed by atoms with Crippen molar-refractivity contribution in [3.63, 3.8) is 0 Å². The number of nitrogens with zero attached hydrogens (tertiary/aromatic N) is 3. The largest absolute Gasteiger partial charge is 0.337 e. The Balaban J connectivity index is 1.58. The maximum atomic E-state index is 13.0. The smallest absolute Gasteiger partial charge is 0.242 e. The van der Waals surface area contributed by atoms with Crippen molar-refractivity contribution in [3.05, 3.63) is 70.0 Å². The molecule has 1 atom stereocenters. The summed E-state index contributed by atoms with van der Waals surface area (Å²) in [7, 11) is 1.88. The number of fused-ring (bicyclic) bond motifs is 1. The van der Waals surface area contributed by atoms with Gasteiger partial charge in [-0.15, -0.1) is 0 Å². The molecule has 138 valence electrons. The average Bonchev–Trinajstić information content (AvgIpc) is 3.26. The van der Waals surface area contributed by atoms with E-state index >= 15 is 0 Å². The number of rotatable bonds is 4. The molecular formula is C21H22N4OS. The van der Waals surface area contributed by atoms with E-state index < -0.39 is 0 Å². The lowest BCUT2D eigenvalue weighted by molar-refractivity contribution is -0.132. The second-order valence-corrected chi connectivity index (χ2v) is 7.45. The standard InChI is InChI=1S/C21H22N4OS/c1-14-7-9-16(10-8-14)20-22-23-21(27)25(20)13-19(26)24(2)18-12-11-15-5-3-4-6-17(15)18/h3-10,18H,11-13H2,1-2H3,(H,23,27). The molecule has 5 nitrogen and oxygen atoms in total. The lowest BCUT2D eigenvalue weighted by Crippen LogP contribution is -2.33. The van der Waals surface area contributed by atoms with Crippen molar-refractivity contribution in [1.29, 1.82) is 0 Å². The Hall–Kier alpha value is -2.73. The molecule has 2 aromatic carbocycles. The van der Waals surface area contributed by atoms with E-state index in [0.29, 0.717) is 10.6 Å². The van der Waals surface area contributed by atoms with E-state index in [-0.39, 0.29) is 18.5 Å². The van der Waals surface area contributed by atoms with Gasteiger partial charge in [0.15, 0.2) is 10.6 Å². The Labute approximate surface area is 163 Å². The number of amides is 1. The molecular weight excluding hydrogens is 356 g/mol.